The molecule has 1 aliphatic rings. The smallest absolute Gasteiger partial charge is 0.143 e. The molecule has 12 aromatic rings. The van der Waals surface area contributed by atoms with Gasteiger partial charge in [-0.1, -0.05) is 190 Å². The molecule has 1 aromatic heterocycles. The van der Waals surface area contributed by atoms with Crippen LogP contribution in [0.15, 0.2) is 229 Å². The summed E-state index contributed by atoms with van der Waals surface area (Å²) in [5, 5.41) is 9.50. The molecule has 0 aliphatic heterocycles. The zero-order valence-electron chi connectivity index (χ0n) is 36.2. The fraction of sp³-hybridized carbons (Fsp3) is 0.0476. The first-order chi connectivity index (χ1) is 32.0. The third-order valence-electron chi connectivity index (χ3n) is 14.1. The molecule has 2 heteroatoms. The molecular weight excluding hydrogens is 787 g/mol. The molecule has 0 amide bonds. The zero-order valence-corrected chi connectivity index (χ0v) is 36.2. The summed E-state index contributed by atoms with van der Waals surface area (Å²) in [4.78, 5) is 2.40. The number of nitrogens with zero attached hydrogens (tertiary/aromatic N) is 1. The van der Waals surface area contributed by atoms with Crippen molar-refractivity contribution in [2.75, 3.05) is 4.90 Å². The van der Waals surface area contributed by atoms with Crippen molar-refractivity contribution in [2.24, 2.45) is 0 Å². The maximum Gasteiger partial charge on any atom is 0.143 e. The van der Waals surface area contributed by atoms with Crippen LogP contribution in [0, 0.1) is 0 Å². The highest BCUT2D eigenvalue weighted by Crippen LogP contribution is 2.51. The second-order valence-corrected chi connectivity index (χ2v) is 18.0. The summed E-state index contributed by atoms with van der Waals surface area (Å²) in [6.45, 7) is 4.71. The SMILES string of the molecule is CC1(C)c2ccccc2-c2ccc(N(c3ccc(-c4ccccc4)cc3)c3ccc(-c4cc5oc6c7ccccc7c7ccccc7c6c5cc4-c4cccc5ccccc45)cc3)cc21. The Morgan fingerprint density at radius 2 is 0.892 bits per heavy atom. The van der Waals surface area contributed by atoms with E-state index in [9.17, 15) is 0 Å². The fourth-order valence-corrected chi connectivity index (χ4v) is 10.9. The van der Waals surface area contributed by atoms with Gasteiger partial charge in [-0.05, 0) is 131 Å². The lowest BCUT2D eigenvalue weighted by atomic mass is 9.82. The minimum Gasteiger partial charge on any atom is -0.455 e. The molecule has 1 heterocycles. The van der Waals surface area contributed by atoms with Gasteiger partial charge in [-0.2, -0.15) is 0 Å². The van der Waals surface area contributed by atoms with Crippen molar-refractivity contribution in [1.82, 2.24) is 0 Å². The highest BCUT2D eigenvalue weighted by molar-refractivity contribution is 6.30. The van der Waals surface area contributed by atoms with E-state index in [0.717, 1.165) is 55.5 Å². The molecule has 306 valence electrons. The molecule has 0 radical (unpaired) electrons. The third-order valence-corrected chi connectivity index (χ3v) is 14.1. The third kappa shape index (κ3) is 5.81. The lowest BCUT2D eigenvalue weighted by Gasteiger charge is -2.28. The molecular formula is C63H43NO. The van der Waals surface area contributed by atoms with Gasteiger partial charge in [-0.25, -0.2) is 0 Å². The zero-order chi connectivity index (χ0) is 43.2. The van der Waals surface area contributed by atoms with Gasteiger partial charge in [0, 0.05) is 38.6 Å². The van der Waals surface area contributed by atoms with Crippen molar-refractivity contribution in [3.8, 4) is 44.5 Å². The molecule has 0 atom stereocenters. The first-order valence-corrected chi connectivity index (χ1v) is 22.6. The number of hydrogen-bond donors (Lipinski definition) is 0. The normalized spacial score (nSPS) is 12.9. The van der Waals surface area contributed by atoms with E-state index in [2.05, 4.69) is 243 Å². The van der Waals surface area contributed by atoms with Gasteiger partial charge in [0.05, 0.1) is 0 Å². The molecule has 0 unspecified atom stereocenters. The standard InChI is InChI=1S/C63H43NO/c1-63(2)58-26-13-12-22-51(58)52-36-35-46(37-59(52)63)64(44-31-27-41(28-32-44)40-15-4-3-5-16-40)45-33-29-43(30-34-45)55-39-60-57(38-56(55)48-25-14-18-42-17-6-7-19-47(42)48)61-53-23-10-8-20-49(53)50-21-9-11-24-54(50)62(61)65-60/h3-39H,1-2H3. The van der Waals surface area contributed by atoms with Crippen LogP contribution in [0.1, 0.15) is 25.0 Å². The Bertz CT molecular complexity index is 3830. The second-order valence-electron chi connectivity index (χ2n) is 18.0. The van der Waals surface area contributed by atoms with Crippen molar-refractivity contribution in [3.63, 3.8) is 0 Å². The van der Waals surface area contributed by atoms with Crippen LogP contribution >= 0.6 is 0 Å². The summed E-state index contributed by atoms with van der Waals surface area (Å²) in [5.41, 5.74) is 17.4. The van der Waals surface area contributed by atoms with Gasteiger partial charge in [-0.3, -0.25) is 0 Å². The molecule has 0 saturated heterocycles. The van der Waals surface area contributed by atoms with E-state index in [-0.39, 0.29) is 5.41 Å². The average Bonchev–Trinajstić information content (AvgIpc) is 3.86. The van der Waals surface area contributed by atoms with Crippen LogP contribution in [0.3, 0.4) is 0 Å². The molecule has 0 bridgehead atoms. The van der Waals surface area contributed by atoms with E-state index in [0.29, 0.717) is 0 Å². The minimum absolute atomic E-state index is 0.124. The van der Waals surface area contributed by atoms with Crippen LogP contribution in [-0.2, 0) is 5.41 Å². The average molecular weight is 830 g/mol. The molecule has 0 saturated carbocycles. The molecule has 65 heavy (non-hydrogen) atoms. The van der Waals surface area contributed by atoms with Crippen LogP contribution < -0.4 is 4.90 Å². The number of furan rings is 1. The molecule has 1 aliphatic carbocycles. The van der Waals surface area contributed by atoms with Crippen LogP contribution in [0.2, 0.25) is 0 Å². The Kier molecular flexibility index (Phi) is 8.29. The number of hydrogen-bond acceptors (Lipinski definition) is 2. The first kappa shape index (κ1) is 37.4. The molecule has 11 aromatic carbocycles. The van der Waals surface area contributed by atoms with E-state index in [1.54, 1.807) is 0 Å². The van der Waals surface area contributed by atoms with Crippen LogP contribution in [-0.4, -0.2) is 0 Å². The van der Waals surface area contributed by atoms with Crippen molar-refractivity contribution in [3.05, 3.63) is 236 Å². The van der Waals surface area contributed by atoms with E-state index in [4.69, 9.17) is 4.42 Å². The van der Waals surface area contributed by atoms with Crippen LogP contribution in [0.25, 0.3) is 98.8 Å². The van der Waals surface area contributed by atoms with Crippen molar-refractivity contribution in [1.29, 1.82) is 0 Å². The van der Waals surface area contributed by atoms with Gasteiger partial charge < -0.3 is 9.32 Å². The van der Waals surface area contributed by atoms with Crippen LogP contribution in [0.4, 0.5) is 17.1 Å². The van der Waals surface area contributed by atoms with Crippen LogP contribution in [0.5, 0.6) is 0 Å². The lowest BCUT2D eigenvalue weighted by molar-refractivity contribution is 0.660. The molecule has 0 spiro atoms. The van der Waals surface area contributed by atoms with Gasteiger partial charge >= 0.3 is 0 Å². The highest BCUT2D eigenvalue weighted by Gasteiger charge is 2.35. The molecule has 2 nitrogen and oxygen atoms in total. The largest absolute Gasteiger partial charge is 0.455 e. The number of anilines is 3. The Hall–Kier alpha value is -8.20. The Morgan fingerprint density at radius 1 is 0.338 bits per heavy atom. The summed E-state index contributed by atoms with van der Waals surface area (Å²) in [7, 11) is 0. The number of benzene rings is 11. The van der Waals surface area contributed by atoms with Gasteiger partial charge in [0.15, 0.2) is 0 Å². The van der Waals surface area contributed by atoms with Gasteiger partial charge in [0.25, 0.3) is 0 Å². The Labute approximate surface area is 378 Å². The maximum absolute atomic E-state index is 7.00. The lowest BCUT2D eigenvalue weighted by Crippen LogP contribution is -2.16. The van der Waals surface area contributed by atoms with Gasteiger partial charge in [-0.15, -0.1) is 0 Å². The number of rotatable bonds is 6. The summed E-state index contributed by atoms with van der Waals surface area (Å²) in [6.07, 6.45) is 0. The van der Waals surface area contributed by atoms with E-state index < -0.39 is 0 Å². The summed E-state index contributed by atoms with van der Waals surface area (Å²) < 4.78 is 7.00. The topological polar surface area (TPSA) is 16.4 Å². The first-order valence-electron chi connectivity index (χ1n) is 22.6. The van der Waals surface area contributed by atoms with Crippen molar-refractivity contribution < 1.29 is 4.42 Å². The van der Waals surface area contributed by atoms with Crippen molar-refractivity contribution >= 4 is 71.3 Å². The quantitative estimate of drug-likeness (QED) is 0.155. The summed E-state index contributed by atoms with van der Waals surface area (Å²) in [6, 6.07) is 82.1. The highest BCUT2D eigenvalue weighted by atomic mass is 16.3. The Morgan fingerprint density at radius 3 is 1.66 bits per heavy atom. The Balaban J connectivity index is 1.00. The molecule has 0 N–H and O–H groups in total. The monoisotopic (exact) mass is 829 g/mol. The second kappa shape index (κ2) is 14.4. The predicted molar refractivity (Wildman–Crippen MR) is 275 cm³/mol. The van der Waals surface area contributed by atoms with Crippen molar-refractivity contribution in [2.45, 2.75) is 19.3 Å². The van der Waals surface area contributed by atoms with E-state index in [1.165, 1.54) is 71.4 Å². The predicted octanol–water partition coefficient (Wildman–Crippen LogP) is 17.8. The molecule has 13 rings (SSSR count). The summed E-state index contributed by atoms with van der Waals surface area (Å²) in [5.74, 6) is 0. The van der Waals surface area contributed by atoms with E-state index in [1.807, 2.05) is 0 Å². The fourth-order valence-electron chi connectivity index (χ4n) is 10.9. The maximum atomic E-state index is 7.00. The minimum atomic E-state index is -0.124. The number of fused-ring (bicyclic) bond motifs is 12. The van der Waals surface area contributed by atoms with Gasteiger partial charge in [0.1, 0.15) is 11.2 Å². The summed E-state index contributed by atoms with van der Waals surface area (Å²) >= 11 is 0. The molecule has 0 fully saturated rings. The van der Waals surface area contributed by atoms with Gasteiger partial charge in [0.2, 0.25) is 0 Å². The van der Waals surface area contributed by atoms with E-state index >= 15 is 0 Å².